The first kappa shape index (κ1) is 17.0. The van der Waals surface area contributed by atoms with Gasteiger partial charge in [0.05, 0.1) is 4.92 Å². The molecule has 122 valence electrons. The highest BCUT2D eigenvalue weighted by molar-refractivity contribution is 6.31. The zero-order valence-electron chi connectivity index (χ0n) is 12.9. The Hall–Kier alpha value is -2.41. The summed E-state index contributed by atoms with van der Waals surface area (Å²) in [5.41, 5.74) is 1.19. The molecular formula is C15H16ClN3O4. The van der Waals surface area contributed by atoms with Gasteiger partial charge in [0.2, 0.25) is 0 Å². The number of rotatable bonds is 5. The molecule has 0 radical (unpaired) electrons. The van der Waals surface area contributed by atoms with E-state index in [1.165, 1.54) is 11.6 Å². The van der Waals surface area contributed by atoms with Crippen LogP contribution in [0, 0.1) is 24.0 Å². The van der Waals surface area contributed by atoms with Crippen molar-refractivity contribution in [1.82, 2.24) is 9.78 Å². The van der Waals surface area contributed by atoms with Gasteiger partial charge in [0, 0.05) is 10.6 Å². The summed E-state index contributed by atoms with van der Waals surface area (Å²) in [7, 11) is 0. The van der Waals surface area contributed by atoms with Gasteiger partial charge < -0.3 is 4.74 Å². The summed E-state index contributed by atoms with van der Waals surface area (Å²) < 4.78 is 6.60. The van der Waals surface area contributed by atoms with Crippen LogP contribution in [0.1, 0.15) is 30.0 Å². The van der Waals surface area contributed by atoms with Gasteiger partial charge in [-0.2, -0.15) is 5.10 Å². The van der Waals surface area contributed by atoms with E-state index in [0.29, 0.717) is 16.3 Å². The Labute approximate surface area is 138 Å². The SMILES string of the molecule is Cc1nn(CC(=O)O[C@@H](C)c2ccccc2Cl)c(C)c1[N+](=O)[O-]. The fourth-order valence-corrected chi connectivity index (χ4v) is 2.62. The number of ether oxygens (including phenoxy) is 1. The van der Waals surface area contributed by atoms with E-state index in [2.05, 4.69) is 5.10 Å². The van der Waals surface area contributed by atoms with Crippen LogP contribution in [0.25, 0.3) is 0 Å². The van der Waals surface area contributed by atoms with Crippen LogP contribution < -0.4 is 0 Å². The smallest absolute Gasteiger partial charge is 0.328 e. The van der Waals surface area contributed by atoms with Crippen molar-refractivity contribution in [2.24, 2.45) is 0 Å². The van der Waals surface area contributed by atoms with E-state index in [4.69, 9.17) is 16.3 Å². The van der Waals surface area contributed by atoms with Gasteiger partial charge in [0.15, 0.2) is 0 Å². The predicted octanol–water partition coefficient (Wildman–Crippen LogP) is 3.37. The third kappa shape index (κ3) is 3.68. The number of benzene rings is 1. The maximum atomic E-state index is 12.1. The lowest BCUT2D eigenvalue weighted by Gasteiger charge is -2.15. The molecule has 0 amide bonds. The van der Waals surface area contributed by atoms with E-state index in [0.717, 1.165) is 0 Å². The molecule has 0 saturated carbocycles. The highest BCUT2D eigenvalue weighted by Gasteiger charge is 2.23. The number of aryl methyl sites for hydroxylation is 1. The average molecular weight is 338 g/mol. The molecule has 2 rings (SSSR count). The van der Waals surface area contributed by atoms with Crippen molar-refractivity contribution in [2.75, 3.05) is 0 Å². The molecule has 0 aliphatic heterocycles. The van der Waals surface area contributed by atoms with Crippen molar-refractivity contribution in [3.8, 4) is 0 Å². The molecule has 0 unspecified atom stereocenters. The predicted molar refractivity (Wildman–Crippen MR) is 84.3 cm³/mol. The molecule has 2 aromatic rings. The first-order valence-electron chi connectivity index (χ1n) is 6.93. The molecule has 0 N–H and O–H groups in total. The molecule has 0 aliphatic rings. The number of carbonyl (C=O) groups is 1. The van der Waals surface area contributed by atoms with Crippen LogP contribution in [-0.2, 0) is 16.1 Å². The summed E-state index contributed by atoms with van der Waals surface area (Å²) in [6, 6.07) is 7.07. The van der Waals surface area contributed by atoms with Gasteiger partial charge >= 0.3 is 11.7 Å². The molecule has 23 heavy (non-hydrogen) atoms. The largest absolute Gasteiger partial charge is 0.456 e. The van der Waals surface area contributed by atoms with Gasteiger partial charge in [0.25, 0.3) is 0 Å². The van der Waals surface area contributed by atoms with E-state index < -0.39 is 17.0 Å². The number of halogens is 1. The van der Waals surface area contributed by atoms with Crippen LogP contribution in [0.5, 0.6) is 0 Å². The molecule has 0 saturated heterocycles. The number of aromatic nitrogens is 2. The number of nitrogens with zero attached hydrogens (tertiary/aromatic N) is 3. The summed E-state index contributed by atoms with van der Waals surface area (Å²) in [4.78, 5) is 22.5. The van der Waals surface area contributed by atoms with Gasteiger partial charge in [-0.3, -0.25) is 19.6 Å². The van der Waals surface area contributed by atoms with E-state index in [1.54, 1.807) is 38.1 Å². The lowest BCUT2D eigenvalue weighted by atomic mass is 10.1. The zero-order chi connectivity index (χ0) is 17.1. The molecule has 0 spiro atoms. The van der Waals surface area contributed by atoms with Gasteiger partial charge in [-0.15, -0.1) is 0 Å². The highest BCUT2D eigenvalue weighted by Crippen LogP contribution is 2.26. The van der Waals surface area contributed by atoms with Gasteiger partial charge in [-0.05, 0) is 26.8 Å². The van der Waals surface area contributed by atoms with Crippen molar-refractivity contribution in [1.29, 1.82) is 0 Å². The molecule has 0 aliphatic carbocycles. The molecule has 8 heteroatoms. The van der Waals surface area contributed by atoms with Crippen molar-refractivity contribution in [3.05, 3.63) is 56.4 Å². The minimum atomic E-state index is -0.544. The molecule has 7 nitrogen and oxygen atoms in total. The summed E-state index contributed by atoms with van der Waals surface area (Å²) in [6.45, 7) is 4.58. The Balaban J connectivity index is 2.10. The molecule has 1 heterocycles. The van der Waals surface area contributed by atoms with Gasteiger partial charge in [-0.1, -0.05) is 29.8 Å². The van der Waals surface area contributed by atoms with Crippen molar-refractivity contribution in [2.45, 2.75) is 33.4 Å². The average Bonchev–Trinajstić information content (AvgIpc) is 2.73. The fraction of sp³-hybridized carbons (Fsp3) is 0.333. The zero-order valence-corrected chi connectivity index (χ0v) is 13.7. The molecule has 0 bridgehead atoms. The number of hydrogen-bond donors (Lipinski definition) is 0. The molecule has 1 atom stereocenters. The van der Waals surface area contributed by atoms with Gasteiger partial charge in [-0.25, -0.2) is 0 Å². The lowest BCUT2D eigenvalue weighted by Crippen LogP contribution is -2.17. The van der Waals surface area contributed by atoms with E-state index in [9.17, 15) is 14.9 Å². The van der Waals surface area contributed by atoms with Crippen molar-refractivity contribution in [3.63, 3.8) is 0 Å². The first-order valence-corrected chi connectivity index (χ1v) is 7.31. The quantitative estimate of drug-likeness (QED) is 0.474. The van der Waals surface area contributed by atoms with Crippen LogP contribution in [0.4, 0.5) is 5.69 Å². The molecule has 1 aromatic heterocycles. The second-order valence-electron chi connectivity index (χ2n) is 5.09. The van der Waals surface area contributed by atoms with Crippen LogP contribution in [-0.4, -0.2) is 20.7 Å². The fourth-order valence-electron chi connectivity index (χ4n) is 2.33. The maximum Gasteiger partial charge on any atom is 0.328 e. The van der Waals surface area contributed by atoms with Crippen LogP contribution >= 0.6 is 11.6 Å². The second-order valence-corrected chi connectivity index (χ2v) is 5.49. The number of nitro groups is 1. The summed E-state index contributed by atoms with van der Waals surface area (Å²) >= 11 is 6.06. The number of esters is 1. The van der Waals surface area contributed by atoms with E-state index >= 15 is 0 Å². The lowest BCUT2D eigenvalue weighted by molar-refractivity contribution is -0.386. The number of carbonyl (C=O) groups excluding carboxylic acids is 1. The standard InChI is InChI=1S/C15H16ClN3O4/c1-9-15(19(21)22)10(2)18(17-9)8-14(20)23-11(3)12-6-4-5-7-13(12)16/h4-7,11H,8H2,1-3H3/t11-/m0/s1. The molecular weight excluding hydrogens is 322 g/mol. The number of hydrogen-bond acceptors (Lipinski definition) is 5. The van der Waals surface area contributed by atoms with Crippen LogP contribution in [0.15, 0.2) is 24.3 Å². The normalized spacial score (nSPS) is 12.0. The summed E-state index contributed by atoms with van der Waals surface area (Å²) in [5, 5.41) is 15.5. The monoisotopic (exact) mass is 337 g/mol. The van der Waals surface area contributed by atoms with E-state index in [-0.39, 0.29) is 17.9 Å². The molecule has 0 fully saturated rings. The van der Waals surface area contributed by atoms with Crippen molar-refractivity contribution >= 4 is 23.3 Å². The Bertz CT molecular complexity index is 757. The van der Waals surface area contributed by atoms with E-state index in [1.807, 2.05) is 0 Å². The minimum absolute atomic E-state index is 0.0862. The second kappa shape index (κ2) is 6.78. The Kier molecular flexibility index (Phi) is 5.00. The minimum Gasteiger partial charge on any atom is -0.456 e. The Morgan fingerprint density at radius 2 is 2.09 bits per heavy atom. The topological polar surface area (TPSA) is 87.3 Å². The maximum absolute atomic E-state index is 12.1. The van der Waals surface area contributed by atoms with Crippen molar-refractivity contribution < 1.29 is 14.5 Å². The van der Waals surface area contributed by atoms with Gasteiger partial charge in [0.1, 0.15) is 24.0 Å². The Morgan fingerprint density at radius 3 is 2.65 bits per heavy atom. The summed E-state index contributed by atoms with van der Waals surface area (Å²) in [5.74, 6) is -0.544. The van der Waals surface area contributed by atoms with Crippen LogP contribution in [0.2, 0.25) is 5.02 Å². The highest BCUT2D eigenvalue weighted by atomic mass is 35.5. The third-order valence-electron chi connectivity index (χ3n) is 3.46. The molecule has 1 aromatic carbocycles. The third-order valence-corrected chi connectivity index (χ3v) is 3.80. The first-order chi connectivity index (χ1) is 10.8. The Morgan fingerprint density at radius 1 is 1.43 bits per heavy atom. The van der Waals surface area contributed by atoms with Crippen LogP contribution in [0.3, 0.4) is 0 Å². The summed E-state index contributed by atoms with van der Waals surface area (Å²) in [6.07, 6.45) is -0.525.